The van der Waals surface area contributed by atoms with Gasteiger partial charge >= 0.3 is 5.97 Å². The maximum atomic E-state index is 11.8. The van der Waals surface area contributed by atoms with Crippen LogP contribution in [0.1, 0.15) is 32.0 Å². The van der Waals surface area contributed by atoms with Crippen LogP contribution in [0.4, 0.5) is 0 Å². The molecule has 0 spiro atoms. The van der Waals surface area contributed by atoms with Crippen molar-refractivity contribution >= 4 is 29.2 Å². The van der Waals surface area contributed by atoms with Crippen LogP contribution in [0.25, 0.3) is 0 Å². The Hall–Kier alpha value is -1.92. The maximum Gasteiger partial charge on any atom is 0.347 e. The first-order valence-corrected chi connectivity index (χ1v) is 9.06. The van der Waals surface area contributed by atoms with Gasteiger partial charge in [-0.15, -0.1) is 0 Å². The van der Waals surface area contributed by atoms with E-state index in [1.807, 2.05) is 13.8 Å². The first-order valence-electron chi connectivity index (χ1n) is 8.31. The zero-order valence-electron chi connectivity index (χ0n) is 15.4. The van der Waals surface area contributed by atoms with Crippen LogP contribution in [-0.4, -0.2) is 28.5 Å². The SMILES string of the molecule is CCOC(=O)C(C)Oc1cc(Oc2c(CC)c(C)nn2C)c(Cl)cc1Cl. The van der Waals surface area contributed by atoms with Crippen molar-refractivity contribution in [3.05, 3.63) is 33.4 Å². The van der Waals surface area contributed by atoms with E-state index in [-0.39, 0.29) is 17.4 Å². The van der Waals surface area contributed by atoms with Gasteiger partial charge in [0.05, 0.1) is 22.3 Å². The van der Waals surface area contributed by atoms with E-state index in [0.717, 1.165) is 17.7 Å². The highest BCUT2D eigenvalue weighted by atomic mass is 35.5. The molecule has 1 aromatic carbocycles. The van der Waals surface area contributed by atoms with E-state index < -0.39 is 12.1 Å². The van der Waals surface area contributed by atoms with Crippen LogP contribution in [0.15, 0.2) is 12.1 Å². The molecule has 6 nitrogen and oxygen atoms in total. The number of nitrogens with zero attached hydrogens (tertiary/aromatic N) is 2. The third kappa shape index (κ3) is 4.43. The molecule has 0 saturated heterocycles. The van der Waals surface area contributed by atoms with E-state index in [0.29, 0.717) is 16.7 Å². The second-order valence-corrected chi connectivity index (χ2v) is 6.49. The summed E-state index contributed by atoms with van der Waals surface area (Å²) in [5.41, 5.74) is 1.88. The Balaban J connectivity index is 2.32. The molecule has 0 N–H and O–H groups in total. The highest BCUT2D eigenvalue weighted by Gasteiger charge is 2.20. The van der Waals surface area contributed by atoms with Gasteiger partial charge in [0, 0.05) is 18.7 Å². The van der Waals surface area contributed by atoms with Gasteiger partial charge < -0.3 is 14.2 Å². The molecule has 0 radical (unpaired) electrons. The minimum atomic E-state index is -0.813. The van der Waals surface area contributed by atoms with Gasteiger partial charge in [-0.25, -0.2) is 9.48 Å². The minimum absolute atomic E-state index is 0.273. The van der Waals surface area contributed by atoms with Gasteiger partial charge in [-0.1, -0.05) is 30.1 Å². The van der Waals surface area contributed by atoms with E-state index in [1.165, 1.54) is 6.07 Å². The molecule has 1 unspecified atom stereocenters. The molecule has 1 atom stereocenters. The molecule has 1 aromatic heterocycles. The molecule has 0 amide bonds. The summed E-state index contributed by atoms with van der Waals surface area (Å²) in [5.74, 6) is 0.763. The Morgan fingerprint density at radius 3 is 2.50 bits per heavy atom. The molecule has 0 aliphatic rings. The molecule has 142 valence electrons. The largest absolute Gasteiger partial charge is 0.477 e. The van der Waals surface area contributed by atoms with Crippen LogP contribution in [0.3, 0.4) is 0 Å². The van der Waals surface area contributed by atoms with Crippen molar-refractivity contribution in [1.29, 1.82) is 0 Å². The van der Waals surface area contributed by atoms with Gasteiger partial charge in [0.1, 0.15) is 5.75 Å². The van der Waals surface area contributed by atoms with Crippen LogP contribution < -0.4 is 9.47 Å². The monoisotopic (exact) mass is 400 g/mol. The van der Waals surface area contributed by atoms with E-state index in [4.69, 9.17) is 37.4 Å². The molecular formula is C18H22Cl2N2O4. The van der Waals surface area contributed by atoms with Crippen LogP contribution in [0, 0.1) is 6.92 Å². The smallest absolute Gasteiger partial charge is 0.347 e. The molecule has 0 fully saturated rings. The van der Waals surface area contributed by atoms with E-state index in [2.05, 4.69) is 5.10 Å². The Labute approximate surface area is 162 Å². The molecular weight excluding hydrogens is 379 g/mol. The highest BCUT2D eigenvalue weighted by Crippen LogP contribution is 2.39. The molecule has 0 aliphatic heterocycles. The van der Waals surface area contributed by atoms with E-state index in [1.54, 1.807) is 31.6 Å². The lowest BCUT2D eigenvalue weighted by Crippen LogP contribution is -2.26. The van der Waals surface area contributed by atoms with Crippen LogP contribution in [0.2, 0.25) is 10.0 Å². The number of benzene rings is 1. The Morgan fingerprint density at radius 1 is 1.23 bits per heavy atom. The van der Waals surface area contributed by atoms with Crippen LogP contribution in [0.5, 0.6) is 17.4 Å². The average Bonchev–Trinajstić information content (AvgIpc) is 2.84. The number of rotatable bonds is 7. The number of carbonyl (C=O) groups excluding carboxylic acids is 1. The topological polar surface area (TPSA) is 62.6 Å². The summed E-state index contributed by atoms with van der Waals surface area (Å²) >= 11 is 12.5. The lowest BCUT2D eigenvalue weighted by atomic mass is 10.2. The Bertz CT molecular complexity index is 805. The molecule has 8 heteroatoms. The quantitative estimate of drug-likeness (QED) is 0.629. The van der Waals surface area contributed by atoms with Gasteiger partial charge in [0.2, 0.25) is 5.88 Å². The number of halogens is 2. The average molecular weight is 401 g/mol. The highest BCUT2D eigenvalue weighted by molar-refractivity contribution is 6.36. The van der Waals surface area contributed by atoms with Gasteiger partial charge in [-0.2, -0.15) is 5.10 Å². The van der Waals surface area contributed by atoms with Crippen molar-refractivity contribution in [2.75, 3.05) is 6.61 Å². The number of esters is 1. The third-order valence-corrected chi connectivity index (χ3v) is 4.35. The first kappa shape index (κ1) is 20.4. The fourth-order valence-electron chi connectivity index (χ4n) is 2.50. The van der Waals surface area contributed by atoms with Crippen molar-refractivity contribution < 1.29 is 19.0 Å². The molecule has 2 rings (SSSR count). The van der Waals surface area contributed by atoms with Crippen molar-refractivity contribution in [2.45, 2.75) is 40.2 Å². The minimum Gasteiger partial charge on any atom is -0.477 e. The fraction of sp³-hybridized carbons (Fsp3) is 0.444. The summed E-state index contributed by atoms with van der Waals surface area (Å²) in [6, 6.07) is 3.07. The van der Waals surface area contributed by atoms with Crippen molar-refractivity contribution in [1.82, 2.24) is 9.78 Å². The lowest BCUT2D eigenvalue weighted by Gasteiger charge is -2.16. The number of hydrogen-bond donors (Lipinski definition) is 0. The van der Waals surface area contributed by atoms with E-state index >= 15 is 0 Å². The standard InChI is InChI=1S/C18H22Cl2N2O4/c1-6-12-10(3)21-22(5)17(12)26-16-9-15(13(19)8-14(16)20)25-11(4)18(23)24-7-2/h8-9,11H,6-7H2,1-5H3. The number of hydrogen-bond acceptors (Lipinski definition) is 5. The predicted octanol–water partition coefficient (Wildman–Crippen LogP) is 4.72. The molecule has 0 aliphatic carbocycles. The Kier molecular flexibility index (Phi) is 6.78. The predicted molar refractivity (Wildman–Crippen MR) is 101 cm³/mol. The van der Waals surface area contributed by atoms with Gasteiger partial charge in [0.15, 0.2) is 11.9 Å². The van der Waals surface area contributed by atoms with Crippen LogP contribution in [-0.2, 0) is 23.0 Å². The maximum absolute atomic E-state index is 11.8. The number of carbonyl (C=O) groups is 1. The number of aromatic nitrogens is 2. The summed E-state index contributed by atoms with van der Waals surface area (Å²) < 4.78 is 18.2. The van der Waals surface area contributed by atoms with E-state index in [9.17, 15) is 4.79 Å². The molecule has 0 saturated carbocycles. The third-order valence-electron chi connectivity index (χ3n) is 3.76. The normalized spacial score (nSPS) is 12.0. The second kappa shape index (κ2) is 8.64. The second-order valence-electron chi connectivity index (χ2n) is 5.67. The fourth-order valence-corrected chi connectivity index (χ4v) is 2.96. The van der Waals surface area contributed by atoms with Gasteiger partial charge in [-0.3, -0.25) is 0 Å². The van der Waals surface area contributed by atoms with Gasteiger partial charge in [0.25, 0.3) is 0 Å². The van der Waals surface area contributed by atoms with Gasteiger partial charge in [-0.05, 0) is 33.3 Å². The number of aryl methyl sites for hydroxylation is 2. The van der Waals surface area contributed by atoms with Crippen molar-refractivity contribution in [2.24, 2.45) is 7.05 Å². The molecule has 0 bridgehead atoms. The summed E-state index contributed by atoms with van der Waals surface area (Å²) in [4.78, 5) is 11.8. The molecule has 2 aromatic rings. The molecule has 1 heterocycles. The first-order chi connectivity index (χ1) is 12.3. The summed E-state index contributed by atoms with van der Waals surface area (Å²) in [6.45, 7) is 7.53. The summed E-state index contributed by atoms with van der Waals surface area (Å²) in [7, 11) is 1.80. The number of ether oxygens (including phenoxy) is 3. The van der Waals surface area contributed by atoms with Crippen molar-refractivity contribution in [3.8, 4) is 17.4 Å². The lowest BCUT2D eigenvalue weighted by molar-refractivity contribution is -0.150. The van der Waals surface area contributed by atoms with Crippen molar-refractivity contribution in [3.63, 3.8) is 0 Å². The molecule has 26 heavy (non-hydrogen) atoms. The summed E-state index contributed by atoms with van der Waals surface area (Å²) in [5, 5.41) is 4.97. The van der Waals surface area contributed by atoms with Crippen LogP contribution >= 0.6 is 23.2 Å². The Morgan fingerprint density at radius 2 is 1.88 bits per heavy atom. The zero-order chi connectivity index (χ0) is 19.4. The summed E-state index contributed by atoms with van der Waals surface area (Å²) in [6.07, 6.45) is -0.0460. The zero-order valence-corrected chi connectivity index (χ0v) is 16.9.